The van der Waals surface area contributed by atoms with Crippen LogP contribution in [0.1, 0.15) is 59.6 Å². The Morgan fingerprint density at radius 1 is 0.946 bits per heavy atom. The summed E-state index contributed by atoms with van der Waals surface area (Å²) in [6.07, 6.45) is -4.87. The van der Waals surface area contributed by atoms with Gasteiger partial charge in [-0.1, -0.05) is 12.1 Å². The molecule has 0 aliphatic carbocycles. The molecular weight excluding hydrogens is 484 g/mol. The first kappa shape index (κ1) is 27.3. The van der Waals surface area contributed by atoms with E-state index in [1.807, 2.05) is 71.6 Å². The zero-order chi connectivity index (χ0) is 27.4. The van der Waals surface area contributed by atoms with E-state index in [1.54, 1.807) is 4.90 Å². The molecule has 2 heterocycles. The number of rotatable bonds is 2. The highest BCUT2D eigenvalue weighted by Crippen LogP contribution is 2.38. The number of hydrogen-bond donors (Lipinski definition) is 0. The SMILES string of the molecule is CC(C)(C)OC(=O)N1CCN(c2ccc(C(F)(F)F)cc2)c2ccc(B3OC(C)(C)C(C)(C)O3)cc2C1. The van der Waals surface area contributed by atoms with Gasteiger partial charge in [-0.3, -0.25) is 0 Å². The van der Waals surface area contributed by atoms with Crippen LogP contribution in [-0.4, -0.2) is 48.0 Å². The van der Waals surface area contributed by atoms with E-state index in [2.05, 4.69) is 0 Å². The Labute approximate surface area is 216 Å². The van der Waals surface area contributed by atoms with Gasteiger partial charge in [-0.05, 0) is 89.8 Å². The summed E-state index contributed by atoms with van der Waals surface area (Å²) in [4.78, 5) is 16.5. The van der Waals surface area contributed by atoms with Gasteiger partial charge in [0.15, 0.2) is 0 Å². The van der Waals surface area contributed by atoms with Crippen molar-refractivity contribution in [2.45, 2.75) is 78.0 Å². The molecule has 0 saturated carbocycles. The molecule has 1 fully saturated rings. The predicted molar refractivity (Wildman–Crippen MR) is 137 cm³/mol. The quantitative estimate of drug-likeness (QED) is 0.464. The first-order valence-corrected chi connectivity index (χ1v) is 12.4. The van der Waals surface area contributed by atoms with Gasteiger partial charge in [-0.15, -0.1) is 0 Å². The fourth-order valence-electron chi connectivity index (χ4n) is 4.33. The Hall–Kier alpha value is -2.72. The van der Waals surface area contributed by atoms with Crippen molar-refractivity contribution in [3.63, 3.8) is 0 Å². The van der Waals surface area contributed by atoms with Crippen LogP contribution in [0.4, 0.5) is 29.3 Å². The molecule has 0 bridgehead atoms. The lowest BCUT2D eigenvalue weighted by Gasteiger charge is -2.32. The third-order valence-electron chi connectivity index (χ3n) is 7.03. The Kier molecular flexibility index (Phi) is 6.82. The molecule has 4 rings (SSSR count). The van der Waals surface area contributed by atoms with Crippen LogP contribution in [0.3, 0.4) is 0 Å². The molecule has 10 heteroatoms. The standard InChI is InChI=1S/C27H34BF3N2O4/c1-24(2,3)35-23(34)32-14-15-33(21-11-8-19(9-12-21)27(29,30)31)22-13-10-20(16-18(22)17-32)28-36-25(4,5)26(6,7)37-28/h8-13,16H,14-15,17H2,1-7H3. The Morgan fingerprint density at radius 3 is 2.08 bits per heavy atom. The number of alkyl halides is 3. The van der Waals surface area contributed by atoms with Crippen LogP contribution in [0.5, 0.6) is 0 Å². The molecule has 0 N–H and O–H groups in total. The largest absolute Gasteiger partial charge is 0.494 e. The van der Waals surface area contributed by atoms with E-state index in [1.165, 1.54) is 12.1 Å². The molecule has 0 radical (unpaired) electrons. The average molecular weight is 518 g/mol. The van der Waals surface area contributed by atoms with Crippen molar-refractivity contribution in [1.82, 2.24) is 4.90 Å². The number of hydrogen-bond acceptors (Lipinski definition) is 5. The molecule has 0 spiro atoms. The molecule has 0 aromatic heterocycles. The number of carbonyl (C=O) groups excluding carboxylic acids is 1. The summed E-state index contributed by atoms with van der Waals surface area (Å²) in [6, 6.07) is 10.8. The van der Waals surface area contributed by atoms with E-state index < -0.39 is 41.8 Å². The smallest absolute Gasteiger partial charge is 0.444 e. The lowest BCUT2D eigenvalue weighted by Crippen LogP contribution is -2.41. The van der Waals surface area contributed by atoms with Gasteiger partial charge in [-0.25, -0.2) is 4.79 Å². The highest BCUT2D eigenvalue weighted by Gasteiger charge is 2.51. The molecule has 2 aromatic rings. The van der Waals surface area contributed by atoms with E-state index in [-0.39, 0.29) is 6.54 Å². The maximum absolute atomic E-state index is 13.1. The van der Waals surface area contributed by atoms with Crippen LogP contribution in [0.2, 0.25) is 0 Å². The minimum atomic E-state index is -4.42. The maximum atomic E-state index is 13.1. The maximum Gasteiger partial charge on any atom is 0.494 e. The molecule has 2 aliphatic rings. The van der Waals surface area contributed by atoms with Crippen LogP contribution in [0, 0.1) is 0 Å². The second kappa shape index (κ2) is 9.24. The highest BCUT2D eigenvalue weighted by molar-refractivity contribution is 6.62. The normalized spacial score (nSPS) is 19.5. The van der Waals surface area contributed by atoms with E-state index in [4.69, 9.17) is 14.0 Å². The van der Waals surface area contributed by atoms with E-state index >= 15 is 0 Å². The van der Waals surface area contributed by atoms with Crippen LogP contribution < -0.4 is 10.4 Å². The average Bonchev–Trinajstić information content (AvgIpc) is 2.90. The number of halogens is 3. The van der Waals surface area contributed by atoms with Gasteiger partial charge in [0.2, 0.25) is 0 Å². The zero-order valence-electron chi connectivity index (χ0n) is 22.4. The second-order valence-corrected chi connectivity index (χ2v) is 11.6. The summed E-state index contributed by atoms with van der Waals surface area (Å²) in [6.45, 7) is 14.3. The van der Waals surface area contributed by atoms with E-state index in [9.17, 15) is 18.0 Å². The number of anilines is 2. The topological polar surface area (TPSA) is 51.2 Å². The molecule has 37 heavy (non-hydrogen) atoms. The summed E-state index contributed by atoms with van der Waals surface area (Å²) >= 11 is 0. The van der Waals surface area contributed by atoms with Gasteiger partial charge in [0.25, 0.3) is 0 Å². The molecular formula is C27H34BF3N2O4. The zero-order valence-corrected chi connectivity index (χ0v) is 22.4. The summed E-state index contributed by atoms with van der Waals surface area (Å²) in [5.74, 6) is 0. The lowest BCUT2D eigenvalue weighted by atomic mass is 9.78. The van der Waals surface area contributed by atoms with Gasteiger partial charge in [0.1, 0.15) is 5.60 Å². The minimum Gasteiger partial charge on any atom is -0.444 e. The molecule has 2 aromatic carbocycles. The van der Waals surface area contributed by atoms with Crippen molar-refractivity contribution in [3.8, 4) is 0 Å². The van der Waals surface area contributed by atoms with Crippen molar-refractivity contribution in [2.24, 2.45) is 0 Å². The lowest BCUT2D eigenvalue weighted by molar-refractivity contribution is -0.137. The Balaban J connectivity index is 1.71. The number of amides is 1. The van der Waals surface area contributed by atoms with Crippen molar-refractivity contribution in [3.05, 3.63) is 53.6 Å². The number of carbonyl (C=O) groups is 1. The molecule has 0 unspecified atom stereocenters. The Bertz CT molecular complexity index is 1140. The van der Waals surface area contributed by atoms with Crippen LogP contribution >= 0.6 is 0 Å². The molecule has 200 valence electrons. The van der Waals surface area contributed by atoms with E-state index in [0.717, 1.165) is 28.8 Å². The fraction of sp³-hybridized carbons (Fsp3) is 0.519. The predicted octanol–water partition coefficient (Wildman–Crippen LogP) is 5.89. The molecule has 1 amide bonds. The van der Waals surface area contributed by atoms with Crippen molar-refractivity contribution >= 4 is 30.0 Å². The first-order valence-electron chi connectivity index (χ1n) is 12.4. The number of nitrogens with zero attached hydrogens (tertiary/aromatic N) is 2. The number of benzene rings is 2. The molecule has 1 saturated heterocycles. The molecule has 2 aliphatic heterocycles. The first-order chi connectivity index (χ1) is 17.0. The van der Waals surface area contributed by atoms with Crippen molar-refractivity contribution < 1.29 is 32.0 Å². The summed E-state index contributed by atoms with van der Waals surface area (Å²) in [7, 11) is -0.590. The minimum absolute atomic E-state index is 0.273. The van der Waals surface area contributed by atoms with Gasteiger partial charge in [0.05, 0.1) is 23.3 Å². The van der Waals surface area contributed by atoms with Gasteiger partial charge >= 0.3 is 19.4 Å². The summed E-state index contributed by atoms with van der Waals surface area (Å²) < 4.78 is 57.5. The molecule has 6 nitrogen and oxygen atoms in total. The second-order valence-electron chi connectivity index (χ2n) is 11.6. The third-order valence-corrected chi connectivity index (χ3v) is 7.03. The van der Waals surface area contributed by atoms with Crippen LogP contribution in [0.15, 0.2) is 42.5 Å². The molecule has 0 atom stereocenters. The van der Waals surface area contributed by atoms with E-state index in [0.29, 0.717) is 18.8 Å². The third kappa shape index (κ3) is 5.75. The fourth-order valence-corrected chi connectivity index (χ4v) is 4.33. The van der Waals surface area contributed by atoms with Crippen LogP contribution in [-0.2, 0) is 26.8 Å². The number of ether oxygens (including phenoxy) is 1. The van der Waals surface area contributed by atoms with Crippen molar-refractivity contribution in [1.29, 1.82) is 0 Å². The highest BCUT2D eigenvalue weighted by atomic mass is 19.4. The van der Waals surface area contributed by atoms with Gasteiger partial charge in [-0.2, -0.15) is 13.2 Å². The summed E-state index contributed by atoms with van der Waals surface area (Å²) in [5, 5.41) is 0. The van der Waals surface area contributed by atoms with Crippen molar-refractivity contribution in [2.75, 3.05) is 18.0 Å². The van der Waals surface area contributed by atoms with Crippen LogP contribution in [0.25, 0.3) is 0 Å². The Morgan fingerprint density at radius 2 is 1.54 bits per heavy atom. The van der Waals surface area contributed by atoms with Gasteiger partial charge in [0, 0.05) is 24.5 Å². The van der Waals surface area contributed by atoms with Gasteiger partial charge < -0.3 is 23.8 Å². The summed E-state index contributed by atoms with van der Waals surface area (Å²) in [5.41, 5.74) is 0.612. The number of fused-ring (bicyclic) bond motifs is 1. The monoisotopic (exact) mass is 518 g/mol.